The second-order valence-corrected chi connectivity index (χ2v) is 16.2. The highest BCUT2D eigenvalue weighted by atomic mass is 16.8. The van der Waals surface area contributed by atoms with Crippen LogP contribution in [0.3, 0.4) is 0 Å². The van der Waals surface area contributed by atoms with Crippen LogP contribution in [0.15, 0.2) is 23.0 Å². The van der Waals surface area contributed by atoms with Crippen molar-refractivity contribution in [1.82, 2.24) is 0 Å². The Balaban J connectivity index is 5.59. The molecule has 0 aliphatic heterocycles. The molecule has 0 aromatic heterocycles. The van der Waals surface area contributed by atoms with Gasteiger partial charge in [-0.15, -0.1) is 0 Å². The lowest BCUT2D eigenvalue weighted by Gasteiger charge is -2.29. The first-order valence-corrected chi connectivity index (χ1v) is 24.8. The Kier molecular flexibility index (Phi) is 43.0. The number of hydrogen-bond donors (Lipinski definition) is 0. The minimum atomic E-state index is -0.820. The van der Waals surface area contributed by atoms with Gasteiger partial charge in [0.15, 0.2) is 11.5 Å². The Labute approximate surface area is 355 Å². The zero-order valence-electron chi connectivity index (χ0n) is 39.5. The lowest BCUT2D eigenvalue weighted by molar-refractivity contribution is -0.226. The lowest BCUT2D eigenvalue weighted by Crippen LogP contribution is -2.32. The van der Waals surface area contributed by atoms with Gasteiger partial charge < -0.3 is 33.2 Å². The molecule has 0 heterocycles. The van der Waals surface area contributed by atoms with Crippen LogP contribution in [-0.4, -0.2) is 53.2 Å². The fourth-order valence-electron chi connectivity index (χ4n) is 7.14. The molecule has 2 atom stereocenters. The Morgan fingerprint density at radius 2 is 0.544 bits per heavy atom. The maximum Gasteiger partial charge on any atom is 0.222 e. The van der Waals surface area contributed by atoms with E-state index >= 15 is 0 Å². The van der Waals surface area contributed by atoms with Crippen molar-refractivity contribution in [3.63, 3.8) is 0 Å². The second kappa shape index (κ2) is 44.1. The van der Waals surface area contributed by atoms with Crippen LogP contribution in [0.25, 0.3) is 0 Å². The highest BCUT2D eigenvalue weighted by Gasteiger charge is 2.31. The molecule has 0 aromatic carbocycles. The summed E-state index contributed by atoms with van der Waals surface area (Å²) in [6.45, 7) is 15.4. The maximum absolute atomic E-state index is 6.66. The monoisotopic (exact) mass is 811 g/mol. The average Bonchev–Trinajstić information content (AvgIpc) is 3.23. The Hall–Kier alpha value is -1.44. The number of ether oxygens (including phenoxy) is 7. The van der Waals surface area contributed by atoms with Crippen molar-refractivity contribution < 1.29 is 33.2 Å². The van der Waals surface area contributed by atoms with Crippen molar-refractivity contribution in [3.05, 3.63) is 23.0 Å². The van der Waals surface area contributed by atoms with Gasteiger partial charge in [-0.25, -0.2) is 0 Å². The standard InChI is InChI=1S/C50H98O7/c1-9-15-17-19-21-23-25-27-29-31-33-35-37-39-45(53-41-11-3)47(55-43-13-5)49(51-7)57-50(52-8)48(56-44-14-6)46(54-42-12-4)40-38-36-34-32-30-28-26-24-22-20-18-16-10-2/h49-50H,9-44H2,1-8H3. The molecular formula is C50H98O7. The molecular weight excluding hydrogens is 713 g/mol. The van der Waals surface area contributed by atoms with Crippen molar-refractivity contribution in [1.29, 1.82) is 0 Å². The van der Waals surface area contributed by atoms with Gasteiger partial charge in [0.1, 0.15) is 11.5 Å². The molecule has 7 nitrogen and oxygen atoms in total. The smallest absolute Gasteiger partial charge is 0.222 e. The molecule has 0 saturated heterocycles. The average molecular weight is 811 g/mol. The van der Waals surface area contributed by atoms with Crippen LogP contribution in [0.1, 0.15) is 247 Å². The number of unbranched alkanes of at least 4 members (excludes halogenated alkanes) is 24. The molecule has 0 aromatic rings. The van der Waals surface area contributed by atoms with Crippen molar-refractivity contribution >= 4 is 0 Å². The van der Waals surface area contributed by atoms with E-state index in [1.54, 1.807) is 14.2 Å². The fraction of sp³-hybridized carbons (Fsp3) is 0.920. The first-order chi connectivity index (χ1) is 28.1. The van der Waals surface area contributed by atoms with Gasteiger partial charge in [-0.05, 0) is 38.5 Å². The summed E-state index contributed by atoms with van der Waals surface area (Å²) in [6, 6.07) is 0. The van der Waals surface area contributed by atoms with Crippen LogP contribution in [0.4, 0.5) is 0 Å². The first-order valence-electron chi connectivity index (χ1n) is 24.8. The number of allylic oxidation sites excluding steroid dienone is 2. The molecule has 57 heavy (non-hydrogen) atoms. The van der Waals surface area contributed by atoms with E-state index in [2.05, 4.69) is 41.5 Å². The van der Waals surface area contributed by atoms with Gasteiger partial charge in [-0.3, -0.25) is 0 Å². The summed E-state index contributed by atoms with van der Waals surface area (Å²) in [5.74, 6) is 2.86. The van der Waals surface area contributed by atoms with Gasteiger partial charge in [0.05, 0.1) is 26.4 Å². The topological polar surface area (TPSA) is 64.6 Å². The van der Waals surface area contributed by atoms with E-state index in [0.29, 0.717) is 37.9 Å². The van der Waals surface area contributed by atoms with Gasteiger partial charge in [-0.2, -0.15) is 0 Å². The van der Waals surface area contributed by atoms with E-state index in [-0.39, 0.29) is 0 Å². The van der Waals surface area contributed by atoms with Crippen LogP contribution in [0, 0.1) is 0 Å². The third-order valence-electron chi connectivity index (χ3n) is 10.6. The Morgan fingerprint density at radius 1 is 0.298 bits per heavy atom. The minimum absolute atomic E-state index is 0.548. The highest BCUT2D eigenvalue weighted by Crippen LogP contribution is 2.28. The summed E-state index contributed by atoms with van der Waals surface area (Å²) in [5, 5.41) is 0. The number of rotatable bonds is 46. The van der Waals surface area contributed by atoms with E-state index < -0.39 is 12.6 Å². The predicted molar refractivity (Wildman–Crippen MR) is 242 cm³/mol. The van der Waals surface area contributed by atoms with Crippen LogP contribution < -0.4 is 0 Å². The Bertz CT molecular complexity index is 818. The molecule has 0 spiro atoms. The minimum Gasteiger partial charge on any atom is -0.494 e. The highest BCUT2D eigenvalue weighted by molar-refractivity contribution is 5.09. The first kappa shape index (κ1) is 55.6. The molecule has 0 saturated carbocycles. The molecule has 0 N–H and O–H groups in total. The third-order valence-corrected chi connectivity index (χ3v) is 10.6. The summed E-state index contributed by atoms with van der Waals surface area (Å²) in [4.78, 5) is 0. The number of methoxy groups -OCH3 is 2. The predicted octanol–water partition coefficient (Wildman–Crippen LogP) is 16.0. The van der Waals surface area contributed by atoms with Gasteiger partial charge in [0, 0.05) is 27.1 Å². The quantitative estimate of drug-likeness (QED) is 0.0345. The molecule has 0 fully saturated rings. The molecule has 2 unspecified atom stereocenters. The van der Waals surface area contributed by atoms with Gasteiger partial charge in [0.2, 0.25) is 12.6 Å². The lowest BCUT2D eigenvalue weighted by atomic mass is 10.0. The molecule has 0 aliphatic carbocycles. The molecule has 0 aliphatic rings. The molecule has 0 radical (unpaired) electrons. The van der Waals surface area contributed by atoms with Crippen LogP contribution in [-0.2, 0) is 33.2 Å². The summed E-state index contributed by atoms with van der Waals surface area (Å²) >= 11 is 0. The largest absolute Gasteiger partial charge is 0.494 e. The fourth-order valence-corrected chi connectivity index (χ4v) is 7.14. The van der Waals surface area contributed by atoms with E-state index in [0.717, 1.165) is 62.9 Å². The van der Waals surface area contributed by atoms with Gasteiger partial charge in [0.25, 0.3) is 0 Å². The van der Waals surface area contributed by atoms with Gasteiger partial charge in [-0.1, -0.05) is 196 Å². The summed E-state index contributed by atoms with van der Waals surface area (Å²) < 4.78 is 44.3. The summed E-state index contributed by atoms with van der Waals surface area (Å²) in [6.07, 6.45) is 37.9. The van der Waals surface area contributed by atoms with E-state index in [1.165, 1.54) is 154 Å². The van der Waals surface area contributed by atoms with E-state index in [4.69, 9.17) is 33.2 Å². The van der Waals surface area contributed by atoms with Crippen molar-refractivity contribution in [2.45, 2.75) is 260 Å². The zero-order chi connectivity index (χ0) is 41.9. The summed E-state index contributed by atoms with van der Waals surface area (Å²) in [7, 11) is 3.32. The van der Waals surface area contributed by atoms with Crippen LogP contribution >= 0.6 is 0 Å². The second-order valence-electron chi connectivity index (χ2n) is 16.2. The number of hydrogen-bond acceptors (Lipinski definition) is 7. The van der Waals surface area contributed by atoms with Crippen molar-refractivity contribution in [3.8, 4) is 0 Å². The maximum atomic E-state index is 6.66. The SMILES string of the molecule is CCCCCCCCCCCCCCCC(OCCC)=C(OCCC)C(OC)OC(OC)C(OCCC)=C(CCCCCCCCCCCCCCC)OCCC. The van der Waals surface area contributed by atoms with E-state index in [1.807, 2.05) is 0 Å². The van der Waals surface area contributed by atoms with E-state index in [9.17, 15) is 0 Å². The molecule has 0 bridgehead atoms. The zero-order valence-corrected chi connectivity index (χ0v) is 39.5. The van der Waals surface area contributed by atoms with Gasteiger partial charge >= 0.3 is 0 Å². The molecule has 0 amide bonds. The molecule has 340 valence electrons. The normalized spacial score (nSPS) is 13.6. The van der Waals surface area contributed by atoms with Crippen molar-refractivity contribution in [2.24, 2.45) is 0 Å². The van der Waals surface area contributed by atoms with Crippen LogP contribution in [0.2, 0.25) is 0 Å². The third kappa shape index (κ3) is 32.1. The summed E-state index contributed by atoms with van der Waals surface area (Å²) in [5.41, 5.74) is 0. The molecule has 7 heteroatoms. The molecule has 0 rings (SSSR count). The van der Waals surface area contributed by atoms with Crippen LogP contribution in [0.5, 0.6) is 0 Å². The Morgan fingerprint density at radius 3 is 0.789 bits per heavy atom. The van der Waals surface area contributed by atoms with Crippen molar-refractivity contribution in [2.75, 3.05) is 40.6 Å².